The number of rotatable bonds is 6. The molecule has 2 fully saturated rings. The average molecular weight is 523 g/mol. The fourth-order valence-corrected chi connectivity index (χ4v) is 5.25. The van der Waals surface area contributed by atoms with Gasteiger partial charge in [0, 0.05) is 11.8 Å². The molecule has 0 aromatic heterocycles. The van der Waals surface area contributed by atoms with Crippen molar-refractivity contribution >= 4 is 58.3 Å². The van der Waals surface area contributed by atoms with Crippen LogP contribution in [0.15, 0.2) is 36.4 Å². The third-order valence-electron chi connectivity index (χ3n) is 6.29. The molecule has 0 bridgehead atoms. The molecule has 11 heteroatoms. The topological polar surface area (TPSA) is 110 Å². The summed E-state index contributed by atoms with van der Waals surface area (Å²) in [4.78, 5) is 23.5. The van der Waals surface area contributed by atoms with Gasteiger partial charge in [-0.05, 0) is 41.8 Å². The van der Waals surface area contributed by atoms with E-state index in [0.717, 1.165) is 0 Å². The fraction of sp³-hybridized carbons (Fsp3) is 0.333. The van der Waals surface area contributed by atoms with Gasteiger partial charge in [-0.2, -0.15) is 0 Å². The van der Waals surface area contributed by atoms with Crippen LogP contribution in [0.5, 0.6) is 0 Å². The van der Waals surface area contributed by atoms with Gasteiger partial charge in [-0.15, -0.1) is 0 Å². The predicted octanol–water partition coefficient (Wildman–Crippen LogP) is 5.00. The van der Waals surface area contributed by atoms with Crippen LogP contribution in [-0.2, 0) is 14.3 Å². The predicted molar refractivity (Wildman–Crippen MR) is 117 cm³/mol. The number of ether oxygens (including phenoxy) is 1. The van der Waals surface area contributed by atoms with Crippen LogP contribution in [0.3, 0.4) is 0 Å². The smallest absolute Gasteiger partial charge is 0.342 e. The number of nitrogens with two attached hydrogens (primary N) is 1. The molecule has 0 amide bonds. The molecule has 0 radical (unpaired) electrons. The van der Waals surface area contributed by atoms with Gasteiger partial charge in [0.2, 0.25) is 5.67 Å². The molecule has 2 aliphatic carbocycles. The van der Waals surface area contributed by atoms with Gasteiger partial charge >= 0.3 is 11.9 Å². The standard InChI is InChI=1S/C21H16Cl4FNO5/c22-11-3-1-8(5-13(11)24)16(9-2-4-12(23)14(25)6-9)32-15-7-10-17(20(10,26)18(28)29)21(15,27)19(30)31/h1-6,10,15-17H,7,27H2,(H,28,29)(H,30,31)/t10?,15?,17?,20-,21+/m1/s1. The number of benzene rings is 2. The van der Waals surface area contributed by atoms with E-state index in [1.54, 1.807) is 36.4 Å². The minimum absolute atomic E-state index is 0.185. The molecule has 2 aliphatic rings. The highest BCUT2D eigenvalue weighted by Crippen LogP contribution is 2.67. The first-order chi connectivity index (χ1) is 14.9. The van der Waals surface area contributed by atoms with E-state index in [0.29, 0.717) is 21.2 Å². The molecular weight excluding hydrogens is 507 g/mol. The Morgan fingerprint density at radius 2 is 1.47 bits per heavy atom. The van der Waals surface area contributed by atoms with E-state index in [2.05, 4.69) is 0 Å². The lowest BCUT2D eigenvalue weighted by Crippen LogP contribution is -2.60. The van der Waals surface area contributed by atoms with E-state index in [4.69, 9.17) is 56.9 Å². The van der Waals surface area contributed by atoms with E-state index in [-0.39, 0.29) is 16.5 Å². The second-order valence-corrected chi connectivity index (χ2v) is 9.61. The van der Waals surface area contributed by atoms with Crippen molar-refractivity contribution in [2.24, 2.45) is 17.6 Å². The normalized spacial score (nSPS) is 30.9. The van der Waals surface area contributed by atoms with Gasteiger partial charge in [0.25, 0.3) is 0 Å². The van der Waals surface area contributed by atoms with Crippen molar-refractivity contribution in [3.63, 3.8) is 0 Å². The Morgan fingerprint density at radius 3 is 1.88 bits per heavy atom. The lowest BCUT2D eigenvalue weighted by atomic mass is 9.87. The zero-order chi connectivity index (χ0) is 23.6. The molecule has 0 saturated heterocycles. The largest absolute Gasteiger partial charge is 0.480 e. The van der Waals surface area contributed by atoms with Crippen molar-refractivity contribution in [3.8, 4) is 0 Å². The Morgan fingerprint density at radius 1 is 0.969 bits per heavy atom. The van der Waals surface area contributed by atoms with Crippen molar-refractivity contribution in [2.45, 2.75) is 29.8 Å². The highest BCUT2D eigenvalue weighted by molar-refractivity contribution is 6.42. The number of carbonyl (C=O) groups is 2. The Bertz CT molecular complexity index is 1080. The summed E-state index contributed by atoms with van der Waals surface area (Å²) in [7, 11) is 0. The van der Waals surface area contributed by atoms with Crippen LogP contribution in [0.4, 0.5) is 4.39 Å². The van der Waals surface area contributed by atoms with Crippen LogP contribution >= 0.6 is 46.4 Å². The van der Waals surface area contributed by atoms with Crippen LogP contribution in [0.1, 0.15) is 23.7 Å². The second-order valence-electron chi connectivity index (χ2n) is 7.98. The van der Waals surface area contributed by atoms with Gasteiger partial charge in [0.15, 0.2) is 0 Å². The first-order valence-corrected chi connectivity index (χ1v) is 10.9. The maximum absolute atomic E-state index is 14.9. The Balaban J connectivity index is 1.74. The van der Waals surface area contributed by atoms with Crippen molar-refractivity contribution in [2.75, 3.05) is 0 Å². The fourth-order valence-electron chi connectivity index (χ4n) is 4.63. The molecule has 6 nitrogen and oxygen atoms in total. The van der Waals surface area contributed by atoms with Crippen molar-refractivity contribution < 1.29 is 28.9 Å². The highest BCUT2D eigenvalue weighted by atomic mass is 35.5. The van der Waals surface area contributed by atoms with Gasteiger partial charge in [-0.25, -0.2) is 9.18 Å². The van der Waals surface area contributed by atoms with E-state index >= 15 is 0 Å². The first-order valence-electron chi connectivity index (χ1n) is 9.42. The molecule has 0 aliphatic heterocycles. The molecule has 170 valence electrons. The van der Waals surface area contributed by atoms with Gasteiger partial charge in [-0.1, -0.05) is 58.5 Å². The molecule has 4 N–H and O–H groups in total. The van der Waals surface area contributed by atoms with Crippen molar-refractivity contribution in [3.05, 3.63) is 67.6 Å². The summed E-state index contributed by atoms with van der Waals surface area (Å²) in [6.45, 7) is 0. The maximum Gasteiger partial charge on any atom is 0.342 e. The van der Waals surface area contributed by atoms with E-state index in [1.807, 2.05) is 0 Å². The van der Waals surface area contributed by atoms with E-state index < -0.39 is 47.2 Å². The summed E-state index contributed by atoms with van der Waals surface area (Å²) in [6, 6.07) is 9.44. The summed E-state index contributed by atoms with van der Waals surface area (Å²) in [5.41, 5.74) is 2.21. The number of hydrogen-bond acceptors (Lipinski definition) is 4. The molecule has 2 aromatic rings. The second kappa shape index (κ2) is 8.01. The molecule has 32 heavy (non-hydrogen) atoms. The van der Waals surface area contributed by atoms with Gasteiger partial charge in [0.05, 0.1) is 26.2 Å². The zero-order valence-electron chi connectivity index (χ0n) is 16.1. The molecule has 3 unspecified atom stereocenters. The van der Waals surface area contributed by atoms with E-state index in [9.17, 15) is 24.2 Å². The zero-order valence-corrected chi connectivity index (χ0v) is 19.1. The number of alkyl halides is 1. The van der Waals surface area contributed by atoms with Crippen molar-refractivity contribution in [1.29, 1.82) is 0 Å². The van der Waals surface area contributed by atoms with Crippen LogP contribution in [0, 0.1) is 11.8 Å². The summed E-state index contributed by atoms with van der Waals surface area (Å²) >= 11 is 24.3. The molecular formula is C21H16Cl4FNO5. The Kier molecular flexibility index (Phi) is 5.89. The first kappa shape index (κ1) is 23.5. The molecule has 2 aromatic carbocycles. The minimum atomic E-state index is -2.70. The number of fused-ring (bicyclic) bond motifs is 1. The average Bonchev–Trinajstić information content (AvgIpc) is 3.21. The van der Waals surface area contributed by atoms with E-state index in [1.165, 1.54) is 0 Å². The highest BCUT2D eigenvalue weighted by Gasteiger charge is 2.85. The van der Waals surface area contributed by atoms with Gasteiger partial charge in [-0.3, -0.25) is 4.79 Å². The van der Waals surface area contributed by atoms with Crippen LogP contribution in [-0.4, -0.2) is 39.5 Å². The molecule has 0 heterocycles. The quantitative estimate of drug-likeness (QED) is 0.492. The summed E-state index contributed by atoms with van der Waals surface area (Å²) in [6.07, 6.45) is -2.29. The Hall–Kier alpha value is -1.61. The number of halogens is 5. The van der Waals surface area contributed by atoms with Gasteiger partial charge < -0.3 is 20.7 Å². The summed E-state index contributed by atoms with van der Waals surface area (Å²) in [5, 5.41) is 20.1. The minimum Gasteiger partial charge on any atom is -0.480 e. The van der Waals surface area contributed by atoms with Crippen molar-refractivity contribution in [1.82, 2.24) is 0 Å². The van der Waals surface area contributed by atoms with Crippen LogP contribution < -0.4 is 5.73 Å². The van der Waals surface area contributed by atoms with Gasteiger partial charge in [0.1, 0.15) is 11.6 Å². The monoisotopic (exact) mass is 521 g/mol. The third-order valence-corrected chi connectivity index (χ3v) is 7.77. The number of carboxylic acids is 2. The number of carboxylic acid groups (broad SMARTS) is 2. The molecule has 2 saturated carbocycles. The molecule has 4 rings (SSSR count). The maximum atomic E-state index is 14.9. The summed E-state index contributed by atoms with van der Waals surface area (Å²) < 4.78 is 21.0. The SMILES string of the molecule is N[C@@]1(C(=O)O)C(OC(c2ccc(Cl)c(Cl)c2)c2ccc(Cl)c(Cl)c2)CC2C1[C@@]2(F)C(=O)O. The number of hydrogen-bond donors (Lipinski definition) is 3. The molecule has 5 atom stereocenters. The summed E-state index contributed by atoms with van der Waals surface area (Å²) in [5.74, 6) is -5.77. The Labute approximate surface area is 202 Å². The number of aliphatic carboxylic acids is 2. The lowest BCUT2D eigenvalue weighted by molar-refractivity contribution is -0.157. The third kappa shape index (κ3) is 3.47. The van der Waals surface area contributed by atoms with Crippen LogP contribution in [0.25, 0.3) is 0 Å². The van der Waals surface area contributed by atoms with Crippen LogP contribution in [0.2, 0.25) is 20.1 Å². The molecule has 0 spiro atoms. The lowest BCUT2D eigenvalue weighted by Gasteiger charge is -2.34.